The molecule has 0 atom stereocenters. The van der Waals surface area contributed by atoms with Crippen LogP contribution in [0.3, 0.4) is 0 Å². The number of pyridine rings is 1. The fourth-order valence-corrected chi connectivity index (χ4v) is 2.13. The fourth-order valence-electron chi connectivity index (χ4n) is 2.13. The summed E-state index contributed by atoms with van der Waals surface area (Å²) in [6.07, 6.45) is 3.36. The Morgan fingerprint density at radius 3 is 2.50 bits per heavy atom. The van der Waals surface area contributed by atoms with Crippen LogP contribution < -0.4 is 10.5 Å². The number of amidine groups is 1. The zero-order valence-electron chi connectivity index (χ0n) is 10.7. The molecule has 0 amide bonds. The summed E-state index contributed by atoms with van der Waals surface area (Å²) in [5.41, 5.74) is 6.32. The SMILES string of the molecule is N=C(N)c1ccc(Oc2cccnc2)c2ccccc12. The van der Waals surface area contributed by atoms with E-state index >= 15 is 0 Å². The second kappa shape index (κ2) is 5.01. The predicted octanol–water partition coefficient (Wildman–Crippen LogP) is 3.31. The van der Waals surface area contributed by atoms with Gasteiger partial charge in [-0.2, -0.15) is 0 Å². The Bertz CT molecular complexity index is 769. The summed E-state index contributed by atoms with van der Waals surface area (Å²) in [5.74, 6) is 1.45. The highest BCUT2D eigenvalue weighted by Crippen LogP contribution is 2.31. The third kappa shape index (κ3) is 2.19. The Morgan fingerprint density at radius 1 is 1.00 bits per heavy atom. The van der Waals surface area contributed by atoms with Crippen molar-refractivity contribution < 1.29 is 4.74 Å². The Balaban J connectivity index is 2.13. The van der Waals surface area contributed by atoms with Gasteiger partial charge in [0, 0.05) is 17.1 Å². The van der Waals surface area contributed by atoms with Crippen LogP contribution in [0.15, 0.2) is 60.9 Å². The number of hydrogen-bond donors (Lipinski definition) is 2. The van der Waals surface area contributed by atoms with Crippen LogP contribution in [-0.2, 0) is 0 Å². The standard InChI is InChI=1S/C16H13N3O/c17-16(18)14-7-8-15(13-6-2-1-5-12(13)14)20-11-4-3-9-19-10-11/h1-10H,(H3,17,18). The van der Waals surface area contributed by atoms with Crippen LogP contribution in [-0.4, -0.2) is 10.8 Å². The lowest BCUT2D eigenvalue weighted by molar-refractivity contribution is 0.486. The summed E-state index contributed by atoms with van der Waals surface area (Å²) >= 11 is 0. The van der Waals surface area contributed by atoms with Crippen LogP contribution in [0.4, 0.5) is 0 Å². The minimum Gasteiger partial charge on any atom is -0.455 e. The van der Waals surface area contributed by atoms with E-state index in [0.29, 0.717) is 11.3 Å². The molecule has 3 aromatic rings. The molecule has 0 aliphatic carbocycles. The topological polar surface area (TPSA) is 72.0 Å². The molecule has 4 heteroatoms. The van der Waals surface area contributed by atoms with Gasteiger partial charge in [-0.1, -0.05) is 24.3 Å². The van der Waals surface area contributed by atoms with Crippen molar-refractivity contribution in [2.24, 2.45) is 5.73 Å². The largest absolute Gasteiger partial charge is 0.455 e. The monoisotopic (exact) mass is 263 g/mol. The molecule has 0 aliphatic rings. The zero-order valence-corrected chi connectivity index (χ0v) is 10.7. The number of ether oxygens (including phenoxy) is 1. The Kier molecular flexibility index (Phi) is 3.05. The van der Waals surface area contributed by atoms with E-state index in [0.717, 1.165) is 16.5 Å². The normalized spacial score (nSPS) is 10.4. The molecule has 20 heavy (non-hydrogen) atoms. The number of nitrogens with zero attached hydrogens (tertiary/aromatic N) is 1. The van der Waals surface area contributed by atoms with Gasteiger partial charge in [0.25, 0.3) is 0 Å². The van der Waals surface area contributed by atoms with Crippen LogP contribution in [0.25, 0.3) is 10.8 Å². The molecule has 0 aliphatic heterocycles. The van der Waals surface area contributed by atoms with E-state index in [1.165, 1.54) is 0 Å². The molecule has 0 unspecified atom stereocenters. The molecular formula is C16H13N3O. The van der Waals surface area contributed by atoms with Gasteiger partial charge in [-0.25, -0.2) is 0 Å². The smallest absolute Gasteiger partial charge is 0.145 e. The van der Waals surface area contributed by atoms with Gasteiger partial charge in [-0.15, -0.1) is 0 Å². The first kappa shape index (κ1) is 12.2. The minimum atomic E-state index is 0.0501. The maximum atomic E-state index is 7.64. The van der Waals surface area contributed by atoms with Crippen molar-refractivity contribution in [3.8, 4) is 11.5 Å². The third-order valence-electron chi connectivity index (χ3n) is 3.04. The number of fused-ring (bicyclic) bond motifs is 1. The van der Waals surface area contributed by atoms with E-state index in [4.69, 9.17) is 15.9 Å². The van der Waals surface area contributed by atoms with Gasteiger partial charge in [-0.3, -0.25) is 10.4 Å². The Hall–Kier alpha value is -2.88. The molecule has 1 aromatic heterocycles. The van der Waals surface area contributed by atoms with Crippen molar-refractivity contribution in [3.05, 3.63) is 66.5 Å². The van der Waals surface area contributed by atoms with E-state index < -0.39 is 0 Å². The Morgan fingerprint density at radius 2 is 1.80 bits per heavy atom. The summed E-state index contributed by atoms with van der Waals surface area (Å²) in [4.78, 5) is 4.03. The van der Waals surface area contributed by atoms with Crippen molar-refractivity contribution in [2.75, 3.05) is 0 Å². The summed E-state index contributed by atoms with van der Waals surface area (Å²) in [6, 6.07) is 15.0. The van der Waals surface area contributed by atoms with Crippen LogP contribution >= 0.6 is 0 Å². The summed E-state index contributed by atoms with van der Waals surface area (Å²) in [6.45, 7) is 0. The maximum Gasteiger partial charge on any atom is 0.145 e. The molecule has 2 aromatic carbocycles. The van der Waals surface area contributed by atoms with Gasteiger partial charge < -0.3 is 10.5 Å². The molecule has 0 saturated heterocycles. The van der Waals surface area contributed by atoms with Crippen molar-refractivity contribution in [1.82, 2.24) is 4.98 Å². The molecule has 4 nitrogen and oxygen atoms in total. The first-order valence-corrected chi connectivity index (χ1v) is 6.20. The molecule has 98 valence electrons. The lowest BCUT2D eigenvalue weighted by Crippen LogP contribution is -2.11. The number of rotatable bonds is 3. The number of aromatic nitrogens is 1. The molecule has 0 bridgehead atoms. The molecule has 1 heterocycles. The predicted molar refractivity (Wildman–Crippen MR) is 79.3 cm³/mol. The molecule has 0 fully saturated rings. The summed E-state index contributed by atoms with van der Waals surface area (Å²) in [5, 5.41) is 9.46. The molecule has 3 N–H and O–H groups in total. The van der Waals surface area contributed by atoms with Crippen molar-refractivity contribution in [2.45, 2.75) is 0 Å². The minimum absolute atomic E-state index is 0.0501. The Labute approximate surface area is 116 Å². The number of nitrogens with one attached hydrogen (secondary N) is 1. The number of hydrogen-bond acceptors (Lipinski definition) is 3. The van der Waals surface area contributed by atoms with E-state index in [9.17, 15) is 0 Å². The maximum absolute atomic E-state index is 7.64. The number of nitrogens with two attached hydrogens (primary N) is 1. The lowest BCUT2D eigenvalue weighted by Gasteiger charge is -2.11. The summed E-state index contributed by atoms with van der Waals surface area (Å²) in [7, 11) is 0. The van der Waals surface area contributed by atoms with Gasteiger partial charge in [0.05, 0.1) is 6.20 Å². The molecule has 0 radical (unpaired) electrons. The zero-order chi connectivity index (χ0) is 13.9. The van der Waals surface area contributed by atoms with E-state index in [2.05, 4.69) is 4.98 Å². The van der Waals surface area contributed by atoms with Gasteiger partial charge >= 0.3 is 0 Å². The first-order chi connectivity index (χ1) is 9.75. The second-order valence-corrected chi connectivity index (χ2v) is 4.36. The van der Waals surface area contributed by atoms with E-state index in [1.807, 2.05) is 42.5 Å². The highest BCUT2D eigenvalue weighted by molar-refractivity contribution is 6.09. The summed E-state index contributed by atoms with van der Waals surface area (Å²) < 4.78 is 5.85. The number of benzene rings is 2. The van der Waals surface area contributed by atoms with Crippen LogP contribution in [0.1, 0.15) is 5.56 Å². The van der Waals surface area contributed by atoms with E-state index in [-0.39, 0.29) is 5.84 Å². The first-order valence-electron chi connectivity index (χ1n) is 6.20. The second-order valence-electron chi connectivity index (χ2n) is 4.36. The van der Waals surface area contributed by atoms with Crippen LogP contribution in [0, 0.1) is 5.41 Å². The third-order valence-corrected chi connectivity index (χ3v) is 3.04. The highest BCUT2D eigenvalue weighted by atomic mass is 16.5. The van der Waals surface area contributed by atoms with Gasteiger partial charge in [0.2, 0.25) is 0 Å². The number of nitrogen functional groups attached to an aromatic ring is 1. The van der Waals surface area contributed by atoms with E-state index in [1.54, 1.807) is 18.5 Å². The van der Waals surface area contributed by atoms with Crippen LogP contribution in [0.5, 0.6) is 11.5 Å². The van der Waals surface area contributed by atoms with Crippen molar-refractivity contribution in [1.29, 1.82) is 5.41 Å². The average molecular weight is 263 g/mol. The van der Waals surface area contributed by atoms with Crippen LogP contribution in [0.2, 0.25) is 0 Å². The van der Waals surface area contributed by atoms with Gasteiger partial charge in [0.15, 0.2) is 0 Å². The lowest BCUT2D eigenvalue weighted by atomic mass is 10.0. The van der Waals surface area contributed by atoms with Crippen molar-refractivity contribution in [3.63, 3.8) is 0 Å². The highest BCUT2D eigenvalue weighted by Gasteiger charge is 2.09. The molecular weight excluding hydrogens is 250 g/mol. The quantitative estimate of drug-likeness (QED) is 0.562. The van der Waals surface area contributed by atoms with Crippen molar-refractivity contribution >= 4 is 16.6 Å². The molecule has 3 rings (SSSR count). The van der Waals surface area contributed by atoms with Gasteiger partial charge in [0.1, 0.15) is 17.3 Å². The van der Waals surface area contributed by atoms with Gasteiger partial charge in [-0.05, 0) is 29.7 Å². The average Bonchev–Trinajstić information content (AvgIpc) is 2.48. The molecule has 0 spiro atoms. The fraction of sp³-hybridized carbons (Fsp3) is 0. The molecule has 0 saturated carbocycles.